The van der Waals surface area contributed by atoms with Gasteiger partial charge in [-0.05, 0) is 110 Å². The lowest BCUT2D eigenvalue weighted by Crippen LogP contribution is -2.50. The molecule has 1 nitrogen and oxygen atoms in total. The predicted octanol–water partition coefficient (Wildman–Crippen LogP) is 9.82. The van der Waals surface area contributed by atoms with Gasteiger partial charge in [-0.1, -0.05) is 65.3 Å². The Morgan fingerprint density at radius 3 is 2.56 bits per heavy atom. The quantitative estimate of drug-likeness (QED) is 0.171. The van der Waals surface area contributed by atoms with Gasteiger partial charge < -0.3 is 4.18 Å². The topological polar surface area (TPSA) is 9.23 Å². The normalized spacial score (nSPS) is 43.5. The van der Waals surface area contributed by atoms with Crippen molar-refractivity contribution in [3.63, 3.8) is 0 Å². The molecule has 0 N–H and O–H groups in total. The van der Waals surface area contributed by atoms with Gasteiger partial charge in [0.2, 0.25) is 0 Å². The van der Waals surface area contributed by atoms with E-state index in [4.69, 9.17) is 4.18 Å². The van der Waals surface area contributed by atoms with Crippen molar-refractivity contribution in [2.75, 3.05) is 0 Å². The van der Waals surface area contributed by atoms with Crippen molar-refractivity contribution in [3.8, 4) is 0 Å². The Morgan fingerprint density at radius 2 is 1.88 bits per heavy atom. The van der Waals surface area contributed by atoms with Crippen LogP contribution in [0.5, 0.6) is 0 Å². The molecule has 0 radical (unpaired) electrons. The summed E-state index contributed by atoms with van der Waals surface area (Å²) in [5.41, 5.74) is 2.73. The molecule has 4 aliphatic carbocycles. The van der Waals surface area contributed by atoms with Crippen molar-refractivity contribution in [1.29, 1.82) is 0 Å². The molecule has 0 bridgehead atoms. The smallest absolute Gasteiger partial charge is 0.0769 e. The van der Waals surface area contributed by atoms with E-state index in [1.807, 2.05) is 0 Å². The maximum atomic E-state index is 5.96. The Labute approximate surface area is 215 Å². The molecule has 3 saturated carbocycles. The molecule has 0 saturated heterocycles. The first-order valence-electron chi connectivity index (χ1n) is 13.6. The summed E-state index contributed by atoms with van der Waals surface area (Å²) in [6.07, 6.45) is 20.5. The third-order valence-corrected chi connectivity index (χ3v) is 11.9. The Balaban J connectivity index is 1.50. The van der Waals surface area contributed by atoms with Gasteiger partial charge in [0.25, 0.3) is 0 Å². The summed E-state index contributed by atoms with van der Waals surface area (Å²) < 4.78 is 5.96. The van der Waals surface area contributed by atoms with Crippen LogP contribution in [0.15, 0.2) is 23.8 Å². The van der Waals surface area contributed by atoms with Gasteiger partial charge in [0, 0.05) is 21.2 Å². The molecule has 3 heteroatoms. The molecule has 0 aromatic carbocycles. The zero-order valence-electron chi connectivity index (χ0n) is 21.4. The molecule has 32 heavy (non-hydrogen) atoms. The van der Waals surface area contributed by atoms with E-state index >= 15 is 0 Å². The number of hydrogen-bond acceptors (Lipinski definition) is 2. The monoisotopic (exact) mass is 570 g/mol. The molecule has 0 aliphatic heterocycles. The highest BCUT2D eigenvalue weighted by Gasteiger charge is 2.59. The van der Waals surface area contributed by atoms with E-state index in [1.165, 1.54) is 67.0 Å². The largest absolute Gasteiger partial charge is 0.302 e. The van der Waals surface area contributed by atoms with Gasteiger partial charge in [-0.15, -0.1) is 0 Å². The van der Waals surface area contributed by atoms with E-state index in [1.54, 1.807) is 5.57 Å². The summed E-state index contributed by atoms with van der Waals surface area (Å²) in [7, 11) is 1.53. The van der Waals surface area contributed by atoms with E-state index in [0.29, 0.717) is 16.9 Å². The second kappa shape index (κ2) is 10.2. The molecular weight excluding hydrogens is 523 g/mol. The maximum Gasteiger partial charge on any atom is 0.0769 e. The van der Waals surface area contributed by atoms with Crippen LogP contribution >= 0.6 is 30.4 Å². The summed E-state index contributed by atoms with van der Waals surface area (Å²) >= 11 is 2.28. The summed E-state index contributed by atoms with van der Waals surface area (Å²) in [5, 5.41) is 0. The van der Waals surface area contributed by atoms with Crippen LogP contribution in [0.2, 0.25) is 0 Å². The van der Waals surface area contributed by atoms with Crippen LogP contribution in [0.3, 0.4) is 0 Å². The molecule has 0 aromatic heterocycles. The lowest BCUT2D eigenvalue weighted by molar-refractivity contribution is -0.0517. The SMILES string of the molecule is CCC(/C=C/C(C)C1CCC2C3CC=C4CC(OSI)CC[C@]4(C)C3CCC12C)C(C)C. The third-order valence-electron chi connectivity index (χ3n) is 10.9. The number of hydrogen-bond donors (Lipinski definition) is 0. The van der Waals surface area contributed by atoms with Gasteiger partial charge >= 0.3 is 0 Å². The van der Waals surface area contributed by atoms with Gasteiger partial charge in [-0.25, -0.2) is 0 Å². The van der Waals surface area contributed by atoms with Crippen molar-refractivity contribution >= 4 is 30.4 Å². The maximum absolute atomic E-state index is 5.96. The number of rotatable bonds is 7. The molecule has 0 spiro atoms. The van der Waals surface area contributed by atoms with Crippen LogP contribution in [0.25, 0.3) is 0 Å². The zero-order valence-corrected chi connectivity index (χ0v) is 24.4. The van der Waals surface area contributed by atoms with Crippen molar-refractivity contribution in [2.24, 2.45) is 52.3 Å². The highest BCUT2D eigenvalue weighted by molar-refractivity contribution is 14.2. The molecule has 9 atom stereocenters. The minimum absolute atomic E-state index is 0.433. The van der Waals surface area contributed by atoms with Crippen molar-refractivity contribution in [3.05, 3.63) is 23.8 Å². The highest BCUT2D eigenvalue weighted by atomic mass is 127. The average molecular weight is 571 g/mol. The molecule has 0 aromatic rings. The van der Waals surface area contributed by atoms with Crippen LogP contribution < -0.4 is 0 Å². The Morgan fingerprint density at radius 1 is 1.09 bits per heavy atom. The van der Waals surface area contributed by atoms with Gasteiger partial charge in [-0.2, -0.15) is 0 Å². The Hall–Kier alpha value is 0.520. The minimum atomic E-state index is 0.433. The van der Waals surface area contributed by atoms with Crippen LogP contribution in [0.1, 0.15) is 99.3 Å². The van der Waals surface area contributed by atoms with E-state index in [9.17, 15) is 0 Å². The lowest BCUT2D eigenvalue weighted by atomic mass is 9.47. The van der Waals surface area contributed by atoms with Crippen molar-refractivity contribution in [1.82, 2.24) is 0 Å². The van der Waals surface area contributed by atoms with E-state index in [2.05, 4.69) is 81.0 Å². The summed E-state index contributed by atoms with van der Waals surface area (Å²) in [6, 6.07) is 0. The average Bonchev–Trinajstić information content (AvgIpc) is 3.11. The van der Waals surface area contributed by atoms with Gasteiger partial charge in [0.05, 0.1) is 15.3 Å². The van der Waals surface area contributed by atoms with Gasteiger partial charge in [0.15, 0.2) is 0 Å². The fourth-order valence-electron chi connectivity index (χ4n) is 8.95. The van der Waals surface area contributed by atoms with Crippen LogP contribution in [-0.2, 0) is 4.18 Å². The molecule has 0 amide bonds. The third kappa shape index (κ3) is 4.54. The number of fused-ring (bicyclic) bond motifs is 5. The molecule has 182 valence electrons. The Kier molecular flexibility index (Phi) is 8.20. The predicted molar refractivity (Wildman–Crippen MR) is 149 cm³/mol. The van der Waals surface area contributed by atoms with E-state index in [0.717, 1.165) is 41.4 Å². The molecule has 0 heterocycles. The number of halogens is 1. The van der Waals surface area contributed by atoms with E-state index in [-0.39, 0.29) is 0 Å². The molecule has 4 aliphatic rings. The molecule has 8 unspecified atom stereocenters. The first kappa shape index (κ1) is 25.6. The summed E-state index contributed by atoms with van der Waals surface area (Å²) in [5.74, 6) is 5.84. The molecule has 4 rings (SSSR count). The highest BCUT2D eigenvalue weighted by Crippen LogP contribution is 2.67. The van der Waals surface area contributed by atoms with E-state index < -0.39 is 0 Å². The van der Waals surface area contributed by atoms with Crippen LogP contribution in [-0.4, -0.2) is 6.10 Å². The standard InChI is InChI=1S/C29H47IOS/c1-7-21(19(2)3)9-8-20(4)25-12-13-26-24-11-10-22-18-23(31-32-30)14-16-28(22,5)27(24)15-17-29(25,26)6/h8-10,19-21,23-27H,7,11-18H2,1-6H3/b9-8+/t20?,21?,23?,24?,25?,26?,27?,28-,29?/m0/s1. The second-order valence-corrected chi connectivity index (χ2v) is 14.0. The van der Waals surface area contributed by atoms with Gasteiger partial charge in [-0.3, -0.25) is 0 Å². The van der Waals surface area contributed by atoms with Crippen molar-refractivity contribution < 1.29 is 4.18 Å². The lowest BCUT2D eigenvalue weighted by Gasteiger charge is -2.58. The fourth-order valence-corrected chi connectivity index (χ4v) is 10.1. The Bertz CT molecular complexity index is 716. The zero-order chi connectivity index (χ0) is 23.1. The van der Waals surface area contributed by atoms with Gasteiger partial charge in [0.1, 0.15) is 0 Å². The summed E-state index contributed by atoms with van der Waals surface area (Å²) in [6.45, 7) is 15.0. The fraction of sp³-hybridized carbons (Fsp3) is 0.862. The molecule has 3 fully saturated rings. The van der Waals surface area contributed by atoms with Crippen LogP contribution in [0.4, 0.5) is 0 Å². The first-order valence-corrected chi connectivity index (χ1v) is 16.8. The van der Waals surface area contributed by atoms with Crippen molar-refractivity contribution in [2.45, 2.75) is 105 Å². The first-order chi connectivity index (χ1) is 15.2. The second-order valence-electron chi connectivity index (χ2n) is 12.6. The number of allylic oxidation sites excluding steroid dienone is 3. The summed E-state index contributed by atoms with van der Waals surface area (Å²) in [4.78, 5) is 0. The minimum Gasteiger partial charge on any atom is -0.302 e. The van der Waals surface area contributed by atoms with Crippen LogP contribution in [0, 0.1) is 52.3 Å². The molecular formula is C29H47IOS.